The van der Waals surface area contributed by atoms with E-state index in [0.717, 1.165) is 29.4 Å². The minimum atomic E-state index is 0.708. The van der Waals surface area contributed by atoms with Crippen LogP contribution in [-0.4, -0.2) is 6.61 Å². The van der Waals surface area contributed by atoms with E-state index < -0.39 is 0 Å². The minimum absolute atomic E-state index is 0.708. The monoisotopic (exact) mass is 466 g/mol. The van der Waals surface area contributed by atoms with Gasteiger partial charge in [-0.1, -0.05) is 102 Å². The second kappa shape index (κ2) is 16.4. The zero-order chi connectivity index (χ0) is 23.8. The molecule has 2 fully saturated rings. The molecule has 0 spiro atoms. The van der Waals surface area contributed by atoms with Crippen molar-refractivity contribution in [3.05, 3.63) is 42.0 Å². The number of rotatable bonds is 15. The van der Waals surface area contributed by atoms with Crippen molar-refractivity contribution in [3.8, 4) is 5.75 Å². The second-order valence-electron chi connectivity index (χ2n) is 11.5. The lowest BCUT2D eigenvalue weighted by molar-refractivity contribution is 0.287. The third-order valence-corrected chi connectivity index (χ3v) is 8.78. The van der Waals surface area contributed by atoms with Crippen LogP contribution in [0.4, 0.5) is 0 Å². The van der Waals surface area contributed by atoms with Crippen molar-refractivity contribution >= 4 is 0 Å². The molecule has 1 aromatic rings. The molecule has 2 saturated carbocycles. The van der Waals surface area contributed by atoms with Gasteiger partial charge in [0.25, 0.3) is 0 Å². The molecule has 0 saturated heterocycles. The fourth-order valence-electron chi connectivity index (χ4n) is 6.40. The van der Waals surface area contributed by atoms with Gasteiger partial charge in [-0.05, 0) is 92.7 Å². The van der Waals surface area contributed by atoms with Gasteiger partial charge in [0, 0.05) is 0 Å². The number of unbranched alkanes of at least 4 members (excludes halogenated alkanes) is 6. The average molecular weight is 467 g/mol. The summed E-state index contributed by atoms with van der Waals surface area (Å²) in [4.78, 5) is 0. The van der Waals surface area contributed by atoms with Crippen LogP contribution in [0.2, 0.25) is 0 Å². The fourth-order valence-corrected chi connectivity index (χ4v) is 6.40. The van der Waals surface area contributed by atoms with Crippen LogP contribution < -0.4 is 4.74 Å². The Bertz CT molecular complexity index is 644. The van der Waals surface area contributed by atoms with Gasteiger partial charge in [0.15, 0.2) is 0 Å². The third kappa shape index (κ3) is 10.2. The van der Waals surface area contributed by atoms with Crippen LogP contribution >= 0.6 is 0 Å². The van der Waals surface area contributed by atoms with Crippen LogP contribution in [0.1, 0.15) is 141 Å². The molecule has 0 heterocycles. The highest BCUT2D eigenvalue weighted by molar-refractivity contribution is 5.30. The molecule has 2 aliphatic rings. The topological polar surface area (TPSA) is 9.23 Å². The molecule has 34 heavy (non-hydrogen) atoms. The predicted octanol–water partition coefficient (Wildman–Crippen LogP) is 10.6. The maximum atomic E-state index is 6.03. The van der Waals surface area contributed by atoms with Gasteiger partial charge in [-0.3, -0.25) is 0 Å². The molecule has 0 unspecified atom stereocenters. The highest BCUT2D eigenvalue weighted by Crippen LogP contribution is 2.38. The fraction of sp³-hybridized carbons (Fsp3) is 0.758. The number of benzene rings is 1. The number of ether oxygens (including phenoxy) is 1. The smallest absolute Gasteiger partial charge is 0.119 e. The molecule has 0 amide bonds. The Labute approximate surface area is 212 Å². The summed E-state index contributed by atoms with van der Waals surface area (Å²) in [5.74, 6) is 4.55. The molecule has 0 aromatic heterocycles. The SMILES string of the molecule is CCCCCCCC1CCC(/C=C/COc2ccc(C3CCC(CCCCC)CC3)cc2)CC1. The Morgan fingerprint density at radius 1 is 0.676 bits per heavy atom. The van der Waals surface area contributed by atoms with Gasteiger partial charge in [-0.25, -0.2) is 0 Å². The zero-order valence-corrected chi connectivity index (χ0v) is 22.6. The first-order chi connectivity index (χ1) is 16.8. The van der Waals surface area contributed by atoms with Crippen molar-refractivity contribution in [3.63, 3.8) is 0 Å². The summed E-state index contributed by atoms with van der Waals surface area (Å²) < 4.78 is 6.03. The summed E-state index contributed by atoms with van der Waals surface area (Å²) in [5, 5.41) is 0. The van der Waals surface area contributed by atoms with E-state index >= 15 is 0 Å². The summed E-state index contributed by atoms with van der Waals surface area (Å²) in [6.45, 7) is 5.32. The van der Waals surface area contributed by atoms with Crippen molar-refractivity contribution in [2.75, 3.05) is 6.61 Å². The molecular formula is C33H54O. The molecule has 3 rings (SSSR count). The first kappa shape index (κ1) is 27.3. The van der Waals surface area contributed by atoms with E-state index in [0.29, 0.717) is 6.61 Å². The Morgan fingerprint density at radius 3 is 1.88 bits per heavy atom. The summed E-state index contributed by atoms with van der Waals surface area (Å²) in [5.41, 5.74) is 1.53. The summed E-state index contributed by atoms with van der Waals surface area (Å²) in [7, 11) is 0. The van der Waals surface area contributed by atoms with E-state index in [1.807, 2.05) is 0 Å². The second-order valence-corrected chi connectivity index (χ2v) is 11.5. The highest BCUT2D eigenvalue weighted by atomic mass is 16.5. The van der Waals surface area contributed by atoms with Crippen molar-refractivity contribution in [2.45, 2.75) is 135 Å². The van der Waals surface area contributed by atoms with Crippen LogP contribution in [-0.2, 0) is 0 Å². The molecule has 1 aromatic carbocycles. The number of hydrogen-bond donors (Lipinski definition) is 0. The normalized spacial score (nSPS) is 25.6. The van der Waals surface area contributed by atoms with Crippen LogP contribution in [0.25, 0.3) is 0 Å². The molecule has 1 heteroatoms. The predicted molar refractivity (Wildman–Crippen MR) is 149 cm³/mol. The first-order valence-corrected chi connectivity index (χ1v) is 15.2. The molecular weight excluding hydrogens is 412 g/mol. The molecule has 0 aliphatic heterocycles. The molecule has 2 aliphatic carbocycles. The molecule has 0 atom stereocenters. The average Bonchev–Trinajstić information content (AvgIpc) is 2.88. The molecule has 0 N–H and O–H groups in total. The zero-order valence-electron chi connectivity index (χ0n) is 22.6. The Kier molecular flexibility index (Phi) is 13.2. The summed E-state index contributed by atoms with van der Waals surface area (Å²) >= 11 is 0. The maximum Gasteiger partial charge on any atom is 0.119 e. The van der Waals surface area contributed by atoms with E-state index in [-0.39, 0.29) is 0 Å². The van der Waals surface area contributed by atoms with E-state index in [4.69, 9.17) is 4.74 Å². The van der Waals surface area contributed by atoms with Gasteiger partial charge in [0.2, 0.25) is 0 Å². The standard InChI is InChI=1S/C33H54O/c1-3-5-7-8-10-13-28-15-17-30(18-16-28)14-11-27-34-33-25-23-32(24-26-33)31-21-19-29(20-22-31)12-9-6-4-2/h11,14,23-26,28-31H,3-10,12-13,15-22,27H2,1-2H3/b14-11+. The van der Waals surface area contributed by atoms with E-state index in [1.54, 1.807) is 0 Å². The minimum Gasteiger partial charge on any atom is -0.490 e. The van der Waals surface area contributed by atoms with Gasteiger partial charge >= 0.3 is 0 Å². The quantitative estimate of drug-likeness (QED) is 0.184. The van der Waals surface area contributed by atoms with Gasteiger partial charge in [0.1, 0.15) is 12.4 Å². The lowest BCUT2D eigenvalue weighted by atomic mass is 9.77. The first-order valence-electron chi connectivity index (χ1n) is 15.2. The van der Waals surface area contributed by atoms with Crippen molar-refractivity contribution < 1.29 is 4.74 Å². The Hall–Kier alpha value is -1.24. The van der Waals surface area contributed by atoms with Crippen molar-refractivity contribution in [1.29, 1.82) is 0 Å². The van der Waals surface area contributed by atoms with Crippen LogP contribution in [0.3, 0.4) is 0 Å². The van der Waals surface area contributed by atoms with Gasteiger partial charge in [-0.15, -0.1) is 0 Å². The number of hydrogen-bond acceptors (Lipinski definition) is 1. The largest absolute Gasteiger partial charge is 0.490 e. The maximum absolute atomic E-state index is 6.03. The van der Waals surface area contributed by atoms with Crippen molar-refractivity contribution in [2.24, 2.45) is 17.8 Å². The van der Waals surface area contributed by atoms with E-state index in [2.05, 4.69) is 50.3 Å². The lowest BCUT2D eigenvalue weighted by Crippen LogP contribution is -2.13. The van der Waals surface area contributed by atoms with Gasteiger partial charge < -0.3 is 4.74 Å². The Morgan fingerprint density at radius 2 is 1.24 bits per heavy atom. The van der Waals surface area contributed by atoms with Crippen LogP contribution in [0.5, 0.6) is 5.75 Å². The summed E-state index contributed by atoms with van der Waals surface area (Å²) in [6.07, 6.45) is 30.2. The highest BCUT2D eigenvalue weighted by Gasteiger charge is 2.22. The lowest BCUT2D eigenvalue weighted by Gasteiger charge is -2.29. The van der Waals surface area contributed by atoms with Crippen molar-refractivity contribution in [1.82, 2.24) is 0 Å². The summed E-state index contributed by atoms with van der Waals surface area (Å²) in [6, 6.07) is 9.04. The van der Waals surface area contributed by atoms with Crippen LogP contribution in [0, 0.1) is 17.8 Å². The van der Waals surface area contributed by atoms with Gasteiger partial charge in [0.05, 0.1) is 0 Å². The Balaban J connectivity index is 1.27. The third-order valence-electron chi connectivity index (χ3n) is 8.78. The molecule has 192 valence electrons. The van der Waals surface area contributed by atoms with Crippen LogP contribution in [0.15, 0.2) is 36.4 Å². The van der Waals surface area contributed by atoms with Gasteiger partial charge in [-0.2, -0.15) is 0 Å². The van der Waals surface area contributed by atoms with E-state index in [9.17, 15) is 0 Å². The van der Waals surface area contributed by atoms with E-state index in [1.165, 1.54) is 121 Å². The molecule has 0 bridgehead atoms. The molecule has 1 nitrogen and oxygen atoms in total. The number of allylic oxidation sites excluding steroid dienone is 1. The molecule has 0 radical (unpaired) electrons.